The predicted octanol–water partition coefficient (Wildman–Crippen LogP) is 2.17. The van der Waals surface area contributed by atoms with Crippen LogP contribution in [0.5, 0.6) is 5.75 Å². The number of carbonyl (C=O) groups is 1. The molecule has 0 radical (unpaired) electrons. The average Bonchev–Trinajstić information content (AvgIpc) is 3.39. The number of allylic oxidation sites excluding steroid dienone is 1. The van der Waals surface area contributed by atoms with E-state index < -0.39 is 40.3 Å². The molecule has 1 amide bonds. The minimum Gasteiger partial charge on any atom is -0.501 e. The van der Waals surface area contributed by atoms with Gasteiger partial charge in [0.15, 0.2) is 5.69 Å². The SMILES string of the molecule is CC(c1nc(C(=O)Nc2cnoc2)c(O)c(=O)n1C)C(/C(C=NCC(C)(C)O)=C/N)c1ccccc1C#N. The Balaban J connectivity index is 2.16. The number of anilines is 1. The molecular weight excluding hydrogens is 490 g/mol. The predicted molar refractivity (Wildman–Crippen MR) is 140 cm³/mol. The largest absolute Gasteiger partial charge is 0.501 e. The molecule has 0 spiro atoms. The molecule has 2 unspecified atom stereocenters. The molecule has 0 saturated carbocycles. The molecule has 2 heterocycles. The first-order valence-corrected chi connectivity index (χ1v) is 11.6. The van der Waals surface area contributed by atoms with E-state index in [1.807, 2.05) is 0 Å². The third kappa shape index (κ3) is 6.13. The van der Waals surface area contributed by atoms with E-state index in [0.29, 0.717) is 16.7 Å². The Hall–Kier alpha value is -4.76. The standard InChI is InChI=1S/C26H29N7O5/c1-15(23-32-21(22(34)25(36)33(23)4)24(35)31-18-12-30-38-13-18)20(19-8-6-5-7-16(19)9-27)17(10-28)11-29-14-26(2,3)37/h5-8,10-13,15,20,34,37H,14,28H2,1-4H3,(H,31,35)/b17-10+,29-11?. The molecule has 3 aromatic rings. The van der Waals surface area contributed by atoms with Crippen molar-refractivity contribution in [3.63, 3.8) is 0 Å². The van der Waals surface area contributed by atoms with Gasteiger partial charge in [-0.1, -0.05) is 30.3 Å². The lowest BCUT2D eigenvalue weighted by Crippen LogP contribution is -2.30. The van der Waals surface area contributed by atoms with E-state index in [9.17, 15) is 25.1 Å². The van der Waals surface area contributed by atoms with Crippen LogP contribution in [0.2, 0.25) is 0 Å². The van der Waals surface area contributed by atoms with E-state index in [2.05, 4.69) is 26.5 Å². The van der Waals surface area contributed by atoms with Crippen LogP contribution >= 0.6 is 0 Å². The number of hydrogen-bond donors (Lipinski definition) is 4. The van der Waals surface area contributed by atoms with Gasteiger partial charge in [-0.05, 0) is 37.3 Å². The van der Waals surface area contributed by atoms with Gasteiger partial charge in [-0.15, -0.1) is 0 Å². The number of aliphatic hydroxyl groups is 1. The van der Waals surface area contributed by atoms with E-state index in [0.717, 1.165) is 4.57 Å². The highest BCUT2D eigenvalue weighted by Crippen LogP contribution is 2.38. The molecule has 0 fully saturated rings. The van der Waals surface area contributed by atoms with Gasteiger partial charge in [0, 0.05) is 25.1 Å². The third-order valence-electron chi connectivity index (χ3n) is 5.80. The van der Waals surface area contributed by atoms with E-state index >= 15 is 0 Å². The molecule has 0 aliphatic heterocycles. The molecule has 2 atom stereocenters. The maximum Gasteiger partial charge on any atom is 0.296 e. The Labute approximate surface area is 218 Å². The number of hydrogen-bond acceptors (Lipinski definition) is 10. The Morgan fingerprint density at radius 1 is 1.39 bits per heavy atom. The highest BCUT2D eigenvalue weighted by Gasteiger charge is 2.31. The minimum atomic E-state index is -1.06. The molecule has 38 heavy (non-hydrogen) atoms. The maximum atomic E-state index is 12.9. The Kier molecular flexibility index (Phi) is 8.44. The summed E-state index contributed by atoms with van der Waals surface area (Å²) in [6.45, 7) is 5.08. The summed E-state index contributed by atoms with van der Waals surface area (Å²) in [5.74, 6) is -2.80. The fourth-order valence-corrected chi connectivity index (χ4v) is 3.99. The van der Waals surface area contributed by atoms with Gasteiger partial charge in [0.2, 0.25) is 5.75 Å². The van der Waals surface area contributed by atoms with Crippen molar-refractivity contribution in [2.24, 2.45) is 17.8 Å². The van der Waals surface area contributed by atoms with Gasteiger partial charge in [0.25, 0.3) is 11.5 Å². The number of aromatic hydroxyl groups is 1. The van der Waals surface area contributed by atoms with Gasteiger partial charge in [0.05, 0.1) is 30.0 Å². The van der Waals surface area contributed by atoms with Crippen LogP contribution in [0, 0.1) is 11.3 Å². The number of aromatic nitrogens is 3. The molecule has 0 aliphatic rings. The molecule has 12 nitrogen and oxygen atoms in total. The molecule has 0 aliphatic carbocycles. The molecule has 3 rings (SSSR count). The lowest BCUT2D eigenvalue weighted by molar-refractivity contribution is 0.0905. The first-order valence-electron chi connectivity index (χ1n) is 11.6. The lowest BCUT2D eigenvalue weighted by Gasteiger charge is -2.27. The smallest absolute Gasteiger partial charge is 0.296 e. The highest BCUT2D eigenvalue weighted by molar-refractivity contribution is 6.04. The number of aliphatic imine (C=N–C) groups is 1. The summed E-state index contributed by atoms with van der Waals surface area (Å²) in [6.07, 6.45) is 5.27. The van der Waals surface area contributed by atoms with Crippen LogP contribution in [0.15, 0.2) is 62.8 Å². The second-order valence-corrected chi connectivity index (χ2v) is 9.31. The van der Waals surface area contributed by atoms with Crippen LogP contribution in [-0.4, -0.2) is 49.2 Å². The Morgan fingerprint density at radius 3 is 2.71 bits per heavy atom. The fourth-order valence-electron chi connectivity index (χ4n) is 3.99. The van der Waals surface area contributed by atoms with Crippen molar-refractivity contribution in [1.29, 1.82) is 5.26 Å². The number of benzene rings is 1. The molecule has 12 heteroatoms. The normalized spacial score (nSPS) is 13.7. The van der Waals surface area contributed by atoms with Crippen LogP contribution in [0.25, 0.3) is 0 Å². The van der Waals surface area contributed by atoms with Gasteiger partial charge in [0.1, 0.15) is 17.8 Å². The summed E-state index contributed by atoms with van der Waals surface area (Å²) < 4.78 is 5.83. The number of nitrogens with one attached hydrogen (secondary N) is 1. The highest BCUT2D eigenvalue weighted by atomic mass is 16.5. The summed E-state index contributed by atoms with van der Waals surface area (Å²) >= 11 is 0. The summed E-state index contributed by atoms with van der Waals surface area (Å²) in [6, 6.07) is 9.06. The Bertz CT molecular complexity index is 1460. The molecule has 1 aromatic carbocycles. The van der Waals surface area contributed by atoms with Gasteiger partial charge in [-0.25, -0.2) is 4.98 Å². The zero-order valence-corrected chi connectivity index (χ0v) is 21.4. The minimum absolute atomic E-state index is 0.0917. The molecule has 0 bridgehead atoms. The number of nitriles is 1. The lowest BCUT2D eigenvalue weighted by atomic mass is 9.79. The van der Waals surface area contributed by atoms with E-state index in [-0.39, 0.29) is 18.1 Å². The van der Waals surface area contributed by atoms with Crippen LogP contribution in [0.1, 0.15) is 60.0 Å². The molecule has 198 valence electrons. The number of carbonyl (C=O) groups excluding carboxylic acids is 1. The molecule has 2 aromatic heterocycles. The monoisotopic (exact) mass is 519 g/mol. The van der Waals surface area contributed by atoms with Crippen molar-refractivity contribution < 1.29 is 19.5 Å². The third-order valence-corrected chi connectivity index (χ3v) is 5.80. The van der Waals surface area contributed by atoms with Crippen molar-refractivity contribution >= 4 is 17.8 Å². The van der Waals surface area contributed by atoms with Crippen LogP contribution < -0.4 is 16.6 Å². The summed E-state index contributed by atoms with van der Waals surface area (Å²) in [4.78, 5) is 34.5. The van der Waals surface area contributed by atoms with Gasteiger partial charge in [-0.2, -0.15) is 5.26 Å². The second kappa shape index (κ2) is 11.5. The zero-order valence-electron chi connectivity index (χ0n) is 21.4. The van der Waals surface area contributed by atoms with E-state index in [1.54, 1.807) is 45.0 Å². The molecule has 0 saturated heterocycles. The first-order chi connectivity index (χ1) is 18.0. The van der Waals surface area contributed by atoms with Crippen LogP contribution in [-0.2, 0) is 7.05 Å². The van der Waals surface area contributed by atoms with Gasteiger partial charge >= 0.3 is 0 Å². The second-order valence-electron chi connectivity index (χ2n) is 9.31. The number of rotatable bonds is 9. The molecular formula is C26H29N7O5. The van der Waals surface area contributed by atoms with Crippen molar-refractivity contribution in [2.75, 3.05) is 11.9 Å². The zero-order chi connectivity index (χ0) is 28.0. The Morgan fingerprint density at radius 2 is 2.11 bits per heavy atom. The number of amides is 1. The quantitative estimate of drug-likeness (QED) is 0.307. The number of nitrogens with zero attached hydrogens (tertiary/aromatic N) is 5. The van der Waals surface area contributed by atoms with Crippen LogP contribution in [0.3, 0.4) is 0 Å². The molecule has 5 N–H and O–H groups in total. The average molecular weight is 520 g/mol. The number of nitrogens with two attached hydrogens (primary N) is 1. The maximum absolute atomic E-state index is 12.9. The van der Waals surface area contributed by atoms with Gasteiger partial charge < -0.3 is 25.8 Å². The van der Waals surface area contributed by atoms with Crippen molar-refractivity contribution in [3.8, 4) is 11.8 Å². The van der Waals surface area contributed by atoms with Crippen molar-refractivity contribution in [1.82, 2.24) is 14.7 Å². The summed E-state index contributed by atoms with van der Waals surface area (Å²) in [7, 11) is 1.42. The topological polar surface area (TPSA) is 193 Å². The fraction of sp³-hybridized carbons (Fsp3) is 0.308. The van der Waals surface area contributed by atoms with Crippen LogP contribution in [0.4, 0.5) is 5.69 Å². The first kappa shape index (κ1) is 27.8. The summed E-state index contributed by atoms with van der Waals surface area (Å²) in [5, 5.41) is 36.3. The van der Waals surface area contributed by atoms with Gasteiger partial charge in [-0.3, -0.25) is 19.1 Å². The van der Waals surface area contributed by atoms with E-state index in [1.165, 1.54) is 31.9 Å². The van der Waals surface area contributed by atoms with Crippen molar-refractivity contribution in [2.45, 2.75) is 38.2 Å². The van der Waals surface area contributed by atoms with E-state index in [4.69, 9.17) is 10.3 Å². The summed E-state index contributed by atoms with van der Waals surface area (Å²) in [5.41, 5.74) is 5.28. The van der Waals surface area contributed by atoms with Crippen molar-refractivity contribution in [3.05, 3.63) is 81.5 Å².